The molecule has 0 saturated heterocycles. The van der Waals surface area contributed by atoms with Crippen LogP contribution in [0.3, 0.4) is 0 Å². The standard InChI is InChI=1S/C18H12BrF2NO4/c1-26-18(25)15-14-11(3-2-4-12(14)20)16(23)22(17(15)24)8-9-5-6-10(19)7-13(9)21/h2-7,15H,8H2,1H3. The second-order valence-electron chi connectivity index (χ2n) is 5.62. The van der Waals surface area contributed by atoms with E-state index in [1.165, 1.54) is 24.3 Å². The van der Waals surface area contributed by atoms with Crippen molar-refractivity contribution in [1.29, 1.82) is 0 Å². The van der Waals surface area contributed by atoms with Crippen molar-refractivity contribution in [2.45, 2.75) is 12.5 Å². The topological polar surface area (TPSA) is 63.7 Å². The number of nitrogens with zero attached hydrogens (tertiary/aromatic N) is 1. The Hall–Kier alpha value is -2.61. The first-order valence-corrected chi connectivity index (χ1v) is 8.30. The quantitative estimate of drug-likeness (QED) is 0.432. The van der Waals surface area contributed by atoms with Gasteiger partial charge in [0.15, 0.2) is 5.92 Å². The first-order chi connectivity index (χ1) is 12.3. The van der Waals surface area contributed by atoms with Crippen LogP contribution in [0.25, 0.3) is 0 Å². The fraction of sp³-hybridized carbons (Fsp3) is 0.167. The number of carbonyl (C=O) groups excluding carboxylic acids is 3. The predicted octanol–water partition coefficient (Wildman–Crippen LogP) is 3.17. The molecule has 2 aromatic rings. The molecule has 1 unspecified atom stereocenters. The van der Waals surface area contributed by atoms with Crippen molar-refractivity contribution >= 4 is 33.7 Å². The summed E-state index contributed by atoms with van der Waals surface area (Å²) in [7, 11) is 1.06. The second-order valence-corrected chi connectivity index (χ2v) is 6.54. The Balaban J connectivity index is 2.09. The molecule has 3 rings (SSSR count). The smallest absolute Gasteiger partial charge is 0.322 e. The molecule has 0 saturated carbocycles. The maximum atomic E-state index is 14.2. The van der Waals surface area contributed by atoms with Crippen LogP contribution in [0.5, 0.6) is 0 Å². The third-order valence-corrected chi connectivity index (χ3v) is 4.60. The maximum Gasteiger partial charge on any atom is 0.322 e. The van der Waals surface area contributed by atoms with Gasteiger partial charge in [-0.3, -0.25) is 19.3 Å². The number of halogens is 3. The molecule has 0 N–H and O–H groups in total. The summed E-state index contributed by atoms with van der Waals surface area (Å²) in [6, 6.07) is 7.83. The fourth-order valence-electron chi connectivity index (χ4n) is 2.85. The zero-order valence-electron chi connectivity index (χ0n) is 13.5. The lowest BCUT2D eigenvalue weighted by Crippen LogP contribution is -2.47. The Kier molecular flexibility index (Phi) is 4.86. The maximum absolute atomic E-state index is 14.2. The van der Waals surface area contributed by atoms with E-state index < -0.39 is 35.3 Å². The van der Waals surface area contributed by atoms with E-state index in [1.807, 2.05) is 0 Å². The third-order valence-electron chi connectivity index (χ3n) is 4.11. The van der Waals surface area contributed by atoms with Gasteiger partial charge in [0, 0.05) is 21.2 Å². The molecule has 0 aliphatic carbocycles. The number of esters is 1. The number of hydrogen-bond acceptors (Lipinski definition) is 4. The van der Waals surface area contributed by atoms with Crippen molar-refractivity contribution in [3.05, 3.63) is 69.2 Å². The Morgan fingerprint density at radius 2 is 1.92 bits per heavy atom. The molecule has 2 amide bonds. The van der Waals surface area contributed by atoms with Gasteiger partial charge in [-0.15, -0.1) is 0 Å². The minimum atomic E-state index is -1.62. The molecule has 5 nitrogen and oxygen atoms in total. The van der Waals surface area contributed by atoms with E-state index in [2.05, 4.69) is 20.7 Å². The monoisotopic (exact) mass is 423 g/mol. The van der Waals surface area contributed by atoms with Crippen LogP contribution < -0.4 is 0 Å². The number of methoxy groups -OCH3 is 1. The van der Waals surface area contributed by atoms with Crippen LogP contribution in [0.15, 0.2) is 40.9 Å². The van der Waals surface area contributed by atoms with Crippen LogP contribution in [0.1, 0.15) is 27.4 Å². The van der Waals surface area contributed by atoms with Crippen LogP contribution >= 0.6 is 15.9 Å². The molecule has 0 aromatic heterocycles. The molecule has 1 atom stereocenters. The highest BCUT2D eigenvalue weighted by molar-refractivity contribution is 9.10. The summed E-state index contributed by atoms with van der Waals surface area (Å²) in [5.41, 5.74) is -0.363. The van der Waals surface area contributed by atoms with Crippen molar-refractivity contribution in [2.75, 3.05) is 7.11 Å². The Bertz CT molecular complexity index is 931. The van der Waals surface area contributed by atoms with Gasteiger partial charge in [-0.25, -0.2) is 8.78 Å². The van der Waals surface area contributed by atoms with Gasteiger partial charge in [0.05, 0.1) is 13.7 Å². The number of benzene rings is 2. The minimum Gasteiger partial charge on any atom is -0.468 e. The third kappa shape index (κ3) is 3.01. The molecular weight excluding hydrogens is 412 g/mol. The zero-order valence-corrected chi connectivity index (χ0v) is 15.0. The van der Waals surface area contributed by atoms with Gasteiger partial charge in [0.25, 0.3) is 5.91 Å². The number of fused-ring (bicyclic) bond motifs is 1. The molecule has 134 valence electrons. The number of hydrogen-bond donors (Lipinski definition) is 0. The van der Waals surface area contributed by atoms with Crippen molar-refractivity contribution in [3.63, 3.8) is 0 Å². The fourth-order valence-corrected chi connectivity index (χ4v) is 3.18. The van der Waals surface area contributed by atoms with E-state index in [9.17, 15) is 23.2 Å². The van der Waals surface area contributed by atoms with E-state index in [0.717, 1.165) is 18.1 Å². The number of amides is 2. The average Bonchev–Trinajstić information content (AvgIpc) is 2.60. The van der Waals surface area contributed by atoms with Crippen LogP contribution in [0.4, 0.5) is 8.78 Å². The Morgan fingerprint density at radius 1 is 1.19 bits per heavy atom. The van der Waals surface area contributed by atoms with Crippen LogP contribution in [-0.4, -0.2) is 29.8 Å². The van der Waals surface area contributed by atoms with E-state index in [4.69, 9.17) is 0 Å². The van der Waals surface area contributed by atoms with Crippen LogP contribution in [-0.2, 0) is 20.9 Å². The largest absolute Gasteiger partial charge is 0.468 e. The number of rotatable bonds is 3. The van der Waals surface area contributed by atoms with Crippen LogP contribution in [0, 0.1) is 11.6 Å². The molecule has 1 aliphatic rings. The highest BCUT2D eigenvalue weighted by atomic mass is 79.9. The molecule has 8 heteroatoms. The summed E-state index contributed by atoms with van der Waals surface area (Å²) in [4.78, 5) is 38.2. The molecule has 0 radical (unpaired) electrons. The van der Waals surface area contributed by atoms with Gasteiger partial charge in [0.1, 0.15) is 11.6 Å². The van der Waals surface area contributed by atoms with Crippen molar-refractivity contribution in [2.24, 2.45) is 0 Å². The number of ether oxygens (including phenoxy) is 1. The minimum absolute atomic E-state index is 0.0818. The lowest BCUT2D eigenvalue weighted by atomic mass is 9.87. The molecule has 1 heterocycles. The summed E-state index contributed by atoms with van der Waals surface area (Å²) < 4.78 is 33.4. The lowest BCUT2D eigenvalue weighted by molar-refractivity contribution is -0.149. The van der Waals surface area contributed by atoms with Gasteiger partial charge < -0.3 is 4.74 Å². The summed E-state index contributed by atoms with van der Waals surface area (Å²) in [5, 5.41) is 0. The molecule has 26 heavy (non-hydrogen) atoms. The SMILES string of the molecule is COC(=O)C1C(=O)N(Cc2ccc(Br)cc2F)C(=O)c2cccc(F)c21. The van der Waals surface area contributed by atoms with Crippen molar-refractivity contribution in [3.8, 4) is 0 Å². The van der Waals surface area contributed by atoms with E-state index in [0.29, 0.717) is 4.47 Å². The van der Waals surface area contributed by atoms with E-state index in [-0.39, 0.29) is 23.2 Å². The summed E-state index contributed by atoms with van der Waals surface area (Å²) in [6.07, 6.45) is 0. The Morgan fingerprint density at radius 3 is 2.58 bits per heavy atom. The Labute approximate surface area is 155 Å². The van der Waals surface area contributed by atoms with E-state index in [1.54, 1.807) is 6.07 Å². The summed E-state index contributed by atoms with van der Waals surface area (Å²) in [6.45, 7) is -0.389. The zero-order chi connectivity index (χ0) is 19.0. The van der Waals surface area contributed by atoms with Gasteiger partial charge in [-0.1, -0.05) is 28.1 Å². The van der Waals surface area contributed by atoms with Gasteiger partial charge in [-0.2, -0.15) is 0 Å². The van der Waals surface area contributed by atoms with Gasteiger partial charge in [-0.05, 0) is 24.3 Å². The van der Waals surface area contributed by atoms with Gasteiger partial charge >= 0.3 is 5.97 Å². The number of imide groups is 1. The van der Waals surface area contributed by atoms with Crippen molar-refractivity contribution < 1.29 is 27.9 Å². The highest BCUT2D eigenvalue weighted by Gasteiger charge is 2.45. The molecule has 0 bridgehead atoms. The average molecular weight is 424 g/mol. The lowest BCUT2D eigenvalue weighted by Gasteiger charge is -2.31. The van der Waals surface area contributed by atoms with Crippen molar-refractivity contribution in [1.82, 2.24) is 4.90 Å². The van der Waals surface area contributed by atoms with E-state index >= 15 is 0 Å². The molecule has 1 aliphatic heterocycles. The van der Waals surface area contributed by atoms with Crippen LogP contribution in [0.2, 0.25) is 0 Å². The molecule has 0 fully saturated rings. The predicted molar refractivity (Wildman–Crippen MR) is 90.1 cm³/mol. The molecule has 2 aromatic carbocycles. The summed E-state index contributed by atoms with van der Waals surface area (Å²) in [5.74, 6) is -5.84. The first-order valence-electron chi connectivity index (χ1n) is 7.51. The molecule has 0 spiro atoms. The molecular formula is C18H12BrF2NO4. The highest BCUT2D eigenvalue weighted by Crippen LogP contribution is 2.33. The first kappa shape index (κ1) is 18.2. The normalized spacial score (nSPS) is 16.5. The second kappa shape index (κ2) is 6.95. The summed E-state index contributed by atoms with van der Waals surface area (Å²) >= 11 is 3.12. The number of carbonyl (C=O) groups is 3. The van der Waals surface area contributed by atoms with Gasteiger partial charge in [0.2, 0.25) is 5.91 Å².